The van der Waals surface area contributed by atoms with Gasteiger partial charge in [0.2, 0.25) is 0 Å². The SMILES string of the molecule is c1ccc(-c2cccc(-c3cc(-c4ccc5c(c4)c4ccccc4n5-c4ccccc4)cc(-c4ccc5c6ccccc6n(-c6ccccc6)c5c4)c3)c2)cc1. The fourth-order valence-electron chi connectivity index (χ4n) is 8.65. The minimum atomic E-state index is 1.16. The van der Waals surface area contributed by atoms with Crippen molar-refractivity contribution in [1.82, 2.24) is 9.13 Å². The molecule has 0 aliphatic heterocycles. The van der Waals surface area contributed by atoms with Gasteiger partial charge in [-0.15, -0.1) is 0 Å². The Morgan fingerprint density at radius 2 is 0.589 bits per heavy atom. The molecule has 11 aromatic rings. The van der Waals surface area contributed by atoms with Crippen LogP contribution in [0.15, 0.2) is 218 Å². The second-order valence-electron chi connectivity index (χ2n) is 14.6. The lowest BCUT2D eigenvalue weighted by Gasteiger charge is -2.14. The van der Waals surface area contributed by atoms with Gasteiger partial charge in [-0.3, -0.25) is 0 Å². The fraction of sp³-hybridized carbons (Fsp3) is 0. The topological polar surface area (TPSA) is 9.86 Å². The molecule has 0 aliphatic carbocycles. The van der Waals surface area contributed by atoms with Crippen LogP contribution in [-0.2, 0) is 0 Å². The zero-order chi connectivity index (χ0) is 37.0. The summed E-state index contributed by atoms with van der Waals surface area (Å²) in [6.45, 7) is 0. The highest BCUT2D eigenvalue weighted by Crippen LogP contribution is 2.40. The van der Waals surface area contributed by atoms with Gasteiger partial charge in [0.1, 0.15) is 0 Å². The molecule has 0 saturated heterocycles. The van der Waals surface area contributed by atoms with Crippen LogP contribution in [0.5, 0.6) is 0 Å². The zero-order valence-corrected chi connectivity index (χ0v) is 30.7. The minimum absolute atomic E-state index is 1.16. The van der Waals surface area contributed by atoms with E-state index in [0.29, 0.717) is 0 Å². The number of hydrogen-bond donors (Lipinski definition) is 0. The Bertz CT molecular complexity index is 3220. The van der Waals surface area contributed by atoms with Gasteiger partial charge in [0.05, 0.1) is 22.1 Å². The molecule has 0 spiro atoms. The summed E-state index contributed by atoms with van der Waals surface area (Å²) in [4.78, 5) is 0. The van der Waals surface area contributed by atoms with Crippen LogP contribution in [0.3, 0.4) is 0 Å². The third-order valence-electron chi connectivity index (χ3n) is 11.3. The molecule has 2 aromatic heterocycles. The lowest BCUT2D eigenvalue weighted by atomic mass is 9.91. The Kier molecular flexibility index (Phi) is 7.53. The maximum atomic E-state index is 2.40. The number of aromatic nitrogens is 2. The van der Waals surface area contributed by atoms with E-state index in [1.807, 2.05) is 0 Å². The highest BCUT2D eigenvalue weighted by molar-refractivity contribution is 6.11. The van der Waals surface area contributed by atoms with E-state index >= 15 is 0 Å². The summed E-state index contributed by atoms with van der Waals surface area (Å²) >= 11 is 0. The lowest BCUT2D eigenvalue weighted by molar-refractivity contribution is 1.18. The number of benzene rings is 9. The van der Waals surface area contributed by atoms with Crippen molar-refractivity contribution in [2.45, 2.75) is 0 Å². The summed E-state index contributed by atoms with van der Waals surface area (Å²) in [5, 5.41) is 5.00. The van der Waals surface area contributed by atoms with Gasteiger partial charge >= 0.3 is 0 Å². The minimum Gasteiger partial charge on any atom is -0.309 e. The molecule has 0 saturated carbocycles. The average Bonchev–Trinajstić information content (AvgIpc) is 3.79. The Balaban J connectivity index is 1.14. The van der Waals surface area contributed by atoms with E-state index in [1.54, 1.807) is 0 Å². The van der Waals surface area contributed by atoms with Crippen LogP contribution in [0, 0.1) is 0 Å². The first kappa shape index (κ1) is 32.0. The van der Waals surface area contributed by atoms with Gasteiger partial charge in [-0.25, -0.2) is 0 Å². The van der Waals surface area contributed by atoms with Gasteiger partial charge in [0.15, 0.2) is 0 Å². The van der Waals surface area contributed by atoms with Crippen molar-refractivity contribution >= 4 is 43.6 Å². The average molecular weight is 713 g/mol. The normalized spacial score (nSPS) is 11.6. The molecule has 0 radical (unpaired) electrons. The molecule has 0 atom stereocenters. The first-order valence-corrected chi connectivity index (χ1v) is 19.3. The predicted molar refractivity (Wildman–Crippen MR) is 237 cm³/mol. The molecule has 11 rings (SSSR count). The molecule has 2 heterocycles. The summed E-state index contributed by atoms with van der Waals surface area (Å²) < 4.78 is 4.78. The van der Waals surface area contributed by atoms with E-state index in [2.05, 4.69) is 228 Å². The summed E-state index contributed by atoms with van der Waals surface area (Å²) in [5.74, 6) is 0. The van der Waals surface area contributed by atoms with E-state index in [0.717, 1.165) is 11.4 Å². The molecule has 2 nitrogen and oxygen atoms in total. The summed E-state index contributed by atoms with van der Waals surface area (Å²) in [5.41, 5.74) is 16.7. The van der Waals surface area contributed by atoms with Gasteiger partial charge in [0.25, 0.3) is 0 Å². The van der Waals surface area contributed by atoms with Gasteiger partial charge in [0, 0.05) is 32.9 Å². The molecule has 0 unspecified atom stereocenters. The number of hydrogen-bond acceptors (Lipinski definition) is 0. The van der Waals surface area contributed by atoms with Crippen LogP contribution < -0.4 is 0 Å². The van der Waals surface area contributed by atoms with Gasteiger partial charge in [-0.2, -0.15) is 0 Å². The second kappa shape index (κ2) is 13.2. The summed E-state index contributed by atoms with van der Waals surface area (Å²) in [6, 6.07) is 79.5. The standard InChI is InChI=1S/C54H36N2/c1-4-15-37(16-5-1)38-17-14-18-39(31-38)42-32-43(40-28-30-53-50(35-40)48-24-11-13-26-52(48)55(53)45-19-6-2-7-20-45)34-44(33-42)41-27-29-49-47-23-10-12-25-51(47)56(54(49)36-41)46-21-8-3-9-22-46/h1-36H. The maximum Gasteiger partial charge on any atom is 0.0547 e. The largest absolute Gasteiger partial charge is 0.309 e. The number of nitrogens with zero attached hydrogens (tertiary/aromatic N) is 2. The van der Waals surface area contributed by atoms with Crippen LogP contribution >= 0.6 is 0 Å². The molecular weight excluding hydrogens is 677 g/mol. The van der Waals surface area contributed by atoms with Crippen molar-refractivity contribution in [3.63, 3.8) is 0 Å². The lowest BCUT2D eigenvalue weighted by Crippen LogP contribution is -1.93. The van der Waals surface area contributed by atoms with Crippen molar-refractivity contribution < 1.29 is 0 Å². The second-order valence-corrected chi connectivity index (χ2v) is 14.6. The maximum absolute atomic E-state index is 2.40. The highest BCUT2D eigenvalue weighted by atomic mass is 15.0. The number of para-hydroxylation sites is 4. The van der Waals surface area contributed by atoms with E-state index in [4.69, 9.17) is 0 Å². The Morgan fingerprint density at radius 1 is 0.196 bits per heavy atom. The van der Waals surface area contributed by atoms with Gasteiger partial charge in [-0.1, -0.05) is 140 Å². The smallest absolute Gasteiger partial charge is 0.0547 e. The van der Waals surface area contributed by atoms with Crippen LogP contribution in [-0.4, -0.2) is 9.13 Å². The fourth-order valence-corrected chi connectivity index (χ4v) is 8.65. The summed E-state index contributed by atoms with van der Waals surface area (Å²) in [7, 11) is 0. The van der Waals surface area contributed by atoms with Crippen molar-refractivity contribution in [3.8, 4) is 55.9 Å². The van der Waals surface area contributed by atoms with Crippen molar-refractivity contribution in [1.29, 1.82) is 0 Å². The molecule has 56 heavy (non-hydrogen) atoms. The quantitative estimate of drug-likeness (QED) is 0.162. The van der Waals surface area contributed by atoms with Crippen molar-refractivity contribution in [2.75, 3.05) is 0 Å². The molecular formula is C54H36N2. The molecule has 262 valence electrons. The number of fused-ring (bicyclic) bond motifs is 6. The molecule has 0 amide bonds. The molecule has 2 heteroatoms. The molecule has 0 bridgehead atoms. The predicted octanol–water partition coefficient (Wildman–Crippen LogP) is 14.5. The Labute approximate surface area is 325 Å². The van der Waals surface area contributed by atoms with Crippen LogP contribution in [0.1, 0.15) is 0 Å². The zero-order valence-electron chi connectivity index (χ0n) is 30.7. The molecule has 0 aliphatic rings. The van der Waals surface area contributed by atoms with E-state index in [-0.39, 0.29) is 0 Å². The van der Waals surface area contributed by atoms with Gasteiger partial charge in [-0.05, 0) is 123 Å². The van der Waals surface area contributed by atoms with E-state index in [9.17, 15) is 0 Å². The number of rotatable bonds is 6. The monoisotopic (exact) mass is 712 g/mol. The highest BCUT2D eigenvalue weighted by Gasteiger charge is 2.17. The third kappa shape index (κ3) is 5.34. The third-order valence-corrected chi connectivity index (χ3v) is 11.3. The van der Waals surface area contributed by atoms with E-state index in [1.165, 1.54) is 88.1 Å². The summed E-state index contributed by atoms with van der Waals surface area (Å²) in [6.07, 6.45) is 0. The molecule has 9 aromatic carbocycles. The Hall–Kier alpha value is -7.42. The van der Waals surface area contributed by atoms with Crippen LogP contribution in [0.2, 0.25) is 0 Å². The van der Waals surface area contributed by atoms with Gasteiger partial charge < -0.3 is 9.13 Å². The van der Waals surface area contributed by atoms with Crippen LogP contribution in [0.4, 0.5) is 0 Å². The van der Waals surface area contributed by atoms with Crippen molar-refractivity contribution in [2.24, 2.45) is 0 Å². The molecule has 0 fully saturated rings. The first-order valence-electron chi connectivity index (χ1n) is 19.3. The Morgan fingerprint density at radius 3 is 1.21 bits per heavy atom. The molecule has 0 N–H and O–H groups in total. The van der Waals surface area contributed by atoms with Crippen molar-refractivity contribution in [3.05, 3.63) is 218 Å². The van der Waals surface area contributed by atoms with E-state index < -0.39 is 0 Å². The first-order chi connectivity index (χ1) is 27.8. The van der Waals surface area contributed by atoms with Crippen LogP contribution in [0.25, 0.3) is 99.5 Å².